The SMILES string of the molecule is COc1ccccc1N1CC[NH+](C2CCN(C(=O)c3cc(OC)c(OC)c(OC)c3)CC2)CC1. The first-order valence-corrected chi connectivity index (χ1v) is 11.9. The highest BCUT2D eigenvalue weighted by molar-refractivity contribution is 5.95. The Bertz CT molecular complexity index is 957. The van der Waals surface area contributed by atoms with Crippen LogP contribution in [0.5, 0.6) is 23.0 Å². The number of benzene rings is 2. The van der Waals surface area contributed by atoms with Crippen LogP contribution in [0.2, 0.25) is 0 Å². The smallest absolute Gasteiger partial charge is 0.254 e. The molecule has 2 heterocycles. The number of piperazine rings is 1. The first kappa shape index (κ1) is 24.0. The van der Waals surface area contributed by atoms with Crippen molar-refractivity contribution >= 4 is 11.6 Å². The number of carbonyl (C=O) groups excluding carboxylic acids is 1. The largest absolute Gasteiger partial charge is 0.495 e. The Morgan fingerprint density at radius 2 is 1.41 bits per heavy atom. The molecule has 0 bridgehead atoms. The van der Waals surface area contributed by atoms with Crippen molar-refractivity contribution in [3.05, 3.63) is 42.0 Å². The van der Waals surface area contributed by atoms with Crippen molar-refractivity contribution in [2.75, 3.05) is 72.6 Å². The number of anilines is 1. The van der Waals surface area contributed by atoms with Gasteiger partial charge in [0.15, 0.2) is 11.5 Å². The molecule has 184 valence electrons. The molecule has 8 heteroatoms. The number of ether oxygens (including phenoxy) is 4. The Hall–Kier alpha value is -3.13. The number of piperidine rings is 1. The van der Waals surface area contributed by atoms with Gasteiger partial charge >= 0.3 is 0 Å². The zero-order chi connectivity index (χ0) is 24.1. The molecule has 0 saturated carbocycles. The van der Waals surface area contributed by atoms with Gasteiger partial charge in [0, 0.05) is 31.5 Å². The van der Waals surface area contributed by atoms with Crippen LogP contribution in [0, 0.1) is 0 Å². The predicted octanol–water partition coefficient (Wildman–Crippen LogP) is 1.73. The normalized spacial score (nSPS) is 17.4. The van der Waals surface area contributed by atoms with Crippen LogP contribution in [-0.4, -0.2) is 84.6 Å². The van der Waals surface area contributed by atoms with Crippen molar-refractivity contribution < 1.29 is 28.6 Å². The molecule has 0 aromatic heterocycles. The number of methoxy groups -OCH3 is 4. The van der Waals surface area contributed by atoms with Crippen molar-refractivity contribution in [3.63, 3.8) is 0 Å². The lowest BCUT2D eigenvalue weighted by Gasteiger charge is -2.41. The zero-order valence-corrected chi connectivity index (χ0v) is 20.6. The fourth-order valence-electron chi connectivity index (χ4n) is 5.21. The molecule has 0 unspecified atom stereocenters. The fraction of sp³-hybridized carbons (Fsp3) is 0.500. The fourth-order valence-corrected chi connectivity index (χ4v) is 5.21. The quantitative estimate of drug-likeness (QED) is 0.665. The van der Waals surface area contributed by atoms with E-state index in [1.807, 2.05) is 17.0 Å². The molecule has 2 aromatic carbocycles. The number of quaternary nitrogens is 1. The second-order valence-corrected chi connectivity index (χ2v) is 8.80. The summed E-state index contributed by atoms with van der Waals surface area (Å²) in [5.74, 6) is 2.43. The number of amides is 1. The third kappa shape index (κ3) is 4.87. The van der Waals surface area contributed by atoms with Gasteiger partial charge in [-0.2, -0.15) is 0 Å². The first-order chi connectivity index (χ1) is 16.6. The molecule has 2 saturated heterocycles. The summed E-state index contributed by atoms with van der Waals surface area (Å²) < 4.78 is 21.8. The van der Waals surface area contributed by atoms with Crippen molar-refractivity contribution in [2.45, 2.75) is 18.9 Å². The number of rotatable bonds is 7. The lowest BCUT2D eigenvalue weighted by Crippen LogP contribution is -3.18. The Labute approximate surface area is 201 Å². The lowest BCUT2D eigenvalue weighted by atomic mass is 10.0. The van der Waals surface area contributed by atoms with E-state index >= 15 is 0 Å². The highest BCUT2D eigenvalue weighted by Crippen LogP contribution is 2.38. The monoisotopic (exact) mass is 470 g/mol. The molecule has 0 atom stereocenters. The Morgan fingerprint density at radius 3 is 1.97 bits per heavy atom. The Morgan fingerprint density at radius 1 is 0.824 bits per heavy atom. The second-order valence-electron chi connectivity index (χ2n) is 8.80. The van der Waals surface area contributed by atoms with Gasteiger partial charge in [-0.05, 0) is 24.3 Å². The summed E-state index contributed by atoms with van der Waals surface area (Å²) >= 11 is 0. The van der Waals surface area contributed by atoms with E-state index in [0.29, 0.717) is 28.9 Å². The molecule has 8 nitrogen and oxygen atoms in total. The summed E-state index contributed by atoms with van der Waals surface area (Å²) in [7, 11) is 6.42. The first-order valence-electron chi connectivity index (χ1n) is 11.9. The summed E-state index contributed by atoms with van der Waals surface area (Å²) in [5.41, 5.74) is 1.74. The molecule has 2 aliphatic heterocycles. The van der Waals surface area contributed by atoms with Crippen LogP contribution in [0.4, 0.5) is 5.69 Å². The van der Waals surface area contributed by atoms with Crippen LogP contribution in [0.3, 0.4) is 0 Å². The third-order valence-electron chi connectivity index (χ3n) is 7.10. The summed E-state index contributed by atoms with van der Waals surface area (Å²) in [6.45, 7) is 5.76. The lowest BCUT2D eigenvalue weighted by molar-refractivity contribution is -0.927. The van der Waals surface area contributed by atoms with Crippen LogP contribution in [0.15, 0.2) is 36.4 Å². The van der Waals surface area contributed by atoms with Crippen LogP contribution < -0.4 is 28.7 Å². The molecule has 0 aliphatic carbocycles. The number of hydrogen-bond acceptors (Lipinski definition) is 6. The Kier molecular flexibility index (Phi) is 7.67. The van der Waals surface area contributed by atoms with Crippen LogP contribution in [0.25, 0.3) is 0 Å². The average Bonchev–Trinajstić information content (AvgIpc) is 2.91. The van der Waals surface area contributed by atoms with Crippen LogP contribution >= 0.6 is 0 Å². The maximum absolute atomic E-state index is 13.2. The number of hydrogen-bond donors (Lipinski definition) is 1. The van der Waals surface area contributed by atoms with Gasteiger partial charge in [-0.15, -0.1) is 0 Å². The van der Waals surface area contributed by atoms with E-state index in [-0.39, 0.29) is 5.91 Å². The standard InChI is InChI=1S/C26H35N3O5/c1-31-22-8-6-5-7-21(22)28-15-13-27(14-16-28)20-9-11-29(12-10-20)26(30)19-17-23(32-2)25(34-4)24(18-19)33-3/h5-8,17-18,20H,9-16H2,1-4H3/p+1. The number of nitrogens with one attached hydrogen (secondary N) is 1. The van der Waals surface area contributed by atoms with E-state index in [2.05, 4.69) is 17.0 Å². The molecule has 2 aromatic rings. The van der Waals surface area contributed by atoms with E-state index in [4.69, 9.17) is 18.9 Å². The van der Waals surface area contributed by atoms with Gasteiger partial charge in [-0.1, -0.05) is 12.1 Å². The van der Waals surface area contributed by atoms with Gasteiger partial charge < -0.3 is 33.6 Å². The van der Waals surface area contributed by atoms with Crippen LogP contribution in [0.1, 0.15) is 23.2 Å². The van der Waals surface area contributed by atoms with E-state index in [0.717, 1.165) is 57.9 Å². The minimum atomic E-state index is 0.00805. The molecule has 0 radical (unpaired) electrons. The number of carbonyl (C=O) groups is 1. The average molecular weight is 471 g/mol. The van der Waals surface area contributed by atoms with Crippen molar-refractivity contribution in [1.82, 2.24) is 4.90 Å². The highest BCUT2D eigenvalue weighted by atomic mass is 16.5. The van der Waals surface area contributed by atoms with Crippen molar-refractivity contribution in [1.29, 1.82) is 0 Å². The molecular formula is C26H36N3O5+. The van der Waals surface area contributed by atoms with E-state index in [9.17, 15) is 4.79 Å². The molecule has 2 aliphatic rings. The predicted molar refractivity (Wildman–Crippen MR) is 131 cm³/mol. The zero-order valence-electron chi connectivity index (χ0n) is 20.6. The topological polar surface area (TPSA) is 64.9 Å². The van der Waals surface area contributed by atoms with Gasteiger partial charge in [0.2, 0.25) is 5.75 Å². The maximum Gasteiger partial charge on any atom is 0.254 e. The number of likely N-dealkylation sites (tertiary alicyclic amines) is 1. The third-order valence-corrected chi connectivity index (χ3v) is 7.10. The number of nitrogens with zero attached hydrogens (tertiary/aromatic N) is 2. The van der Waals surface area contributed by atoms with Gasteiger partial charge in [-0.3, -0.25) is 4.79 Å². The summed E-state index contributed by atoms with van der Waals surface area (Å²) in [4.78, 5) is 19.2. The second kappa shape index (κ2) is 10.9. The van der Waals surface area contributed by atoms with Gasteiger partial charge in [0.25, 0.3) is 5.91 Å². The molecule has 4 rings (SSSR count). The molecular weight excluding hydrogens is 434 g/mol. The highest BCUT2D eigenvalue weighted by Gasteiger charge is 2.33. The minimum absolute atomic E-state index is 0.00805. The maximum atomic E-state index is 13.2. The van der Waals surface area contributed by atoms with E-state index in [1.54, 1.807) is 45.5 Å². The van der Waals surface area contributed by atoms with Gasteiger partial charge in [0.05, 0.1) is 66.3 Å². The van der Waals surface area contributed by atoms with E-state index < -0.39 is 0 Å². The van der Waals surface area contributed by atoms with E-state index in [1.165, 1.54) is 5.69 Å². The van der Waals surface area contributed by atoms with Gasteiger partial charge in [0.1, 0.15) is 5.75 Å². The summed E-state index contributed by atoms with van der Waals surface area (Å²) in [6.07, 6.45) is 2.03. The number of para-hydroxylation sites is 2. The Balaban J connectivity index is 1.34. The summed E-state index contributed by atoms with van der Waals surface area (Å²) in [6, 6.07) is 12.3. The van der Waals surface area contributed by atoms with Gasteiger partial charge in [-0.25, -0.2) is 0 Å². The molecule has 34 heavy (non-hydrogen) atoms. The van der Waals surface area contributed by atoms with Crippen LogP contribution in [-0.2, 0) is 0 Å². The minimum Gasteiger partial charge on any atom is -0.495 e. The molecule has 0 spiro atoms. The molecule has 2 fully saturated rings. The van der Waals surface area contributed by atoms with Crippen molar-refractivity contribution in [2.24, 2.45) is 0 Å². The molecule has 1 amide bonds. The summed E-state index contributed by atoms with van der Waals surface area (Å²) in [5, 5.41) is 0. The van der Waals surface area contributed by atoms with Crippen molar-refractivity contribution in [3.8, 4) is 23.0 Å². The molecule has 1 N–H and O–H groups in total.